The normalized spacial score (nSPS) is 11.5. The minimum atomic E-state index is 0.0735. The lowest BCUT2D eigenvalue weighted by atomic mass is 10.1. The fourth-order valence-electron chi connectivity index (χ4n) is 2.41. The summed E-state index contributed by atoms with van der Waals surface area (Å²) in [4.78, 5) is 11.5. The molecule has 168 valence electrons. The zero-order valence-corrected chi connectivity index (χ0v) is 18.5. The standard InChI is InChI=1S/C20H39N5O4/c1-17(2)14-20(26)21-6-9-28-11-13-29-12-10-27-8-5-7-25-16-19(23-24-25)15-22-18(3)4/h16-18,22H,5-15H2,1-4H3,(H,21,26). The van der Waals surface area contributed by atoms with E-state index in [0.29, 0.717) is 64.6 Å². The highest BCUT2D eigenvalue weighted by atomic mass is 16.5. The Hall–Kier alpha value is -1.55. The first-order valence-electron chi connectivity index (χ1n) is 10.6. The van der Waals surface area contributed by atoms with Crippen molar-refractivity contribution in [2.45, 2.75) is 59.7 Å². The van der Waals surface area contributed by atoms with Gasteiger partial charge in [0.15, 0.2) is 0 Å². The van der Waals surface area contributed by atoms with Crippen molar-refractivity contribution >= 4 is 5.91 Å². The van der Waals surface area contributed by atoms with Crippen LogP contribution in [0.15, 0.2) is 6.20 Å². The van der Waals surface area contributed by atoms with E-state index in [-0.39, 0.29) is 5.91 Å². The van der Waals surface area contributed by atoms with Crippen LogP contribution in [0, 0.1) is 5.92 Å². The van der Waals surface area contributed by atoms with Crippen molar-refractivity contribution in [1.82, 2.24) is 25.6 Å². The molecule has 1 heterocycles. The molecule has 2 N–H and O–H groups in total. The summed E-state index contributed by atoms with van der Waals surface area (Å²) in [6.45, 7) is 13.6. The molecule has 0 unspecified atom stereocenters. The first-order chi connectivity index (χ1) is 14.0. The number of rotatable bonds is 18. The van der Waals surface area contributed by atoms with E-state index in [0.717, 1.165) is 25.2 Å². The molecule has 1 amide bonds. The summed E-state index contributed by atoms with van der Waals surface area (Å²) in [7, 11) is 0. The smallest absolute Gasteiger partial charge is 0.220 e. The fourth-order valence-corrected chi connectivity index (χ4v) is 2.41. The van der Waals surface area contributed by atoms with Crippen molar-refractivity contribution in [2.75, 3.05) is 46.2 Å². The zero-order chi connectivity index (χ0) is 21.3. The maximum absolute atomic E-state index is 11.5. The van der Waals surface area contributed by atoms with Crippen LogP contribution in [-0.2, 0) is 32.1 Å². The van der Waals surface area contributed by atoms with Crippen molar-refractivity contribution in [3.05, 3.63) is 11.9 Å². The molecule has 0 saturated heterocycles. The van der Waals surface area contributed by atoms with Gasteiger partial charge in [0, 0.05) is 44.9 Å². The summed E-state index contributed by atoms with van der Waals surface area (Å²) >= 11 is 0. The first-order valence-corrected chi connectivity index (χ1v) is 10.6. The molecule has 0 fully saturated rings. The molecule has 0 aliphatic carbocycles. The molecule has 0 atom stereocenters. The Balaban J connectivity index is 1.84. The molecule has 0 aliphatic rings. The van der Waals surface area contributed by atoms with E-state index < -0.39 is 0 Å². The lowest BCUT2D eigenvalue weighted by Gasteiger charge is -2.08. The second-order valence-corrected chi connectivity index (χ2v) is 7.65. The monoisotopic (exact) mass is 413 g/mol. The number of carbonyl (C=O) groups excluding carboxylic acids is 1. The van der Waals surface area contributed by atoms with Gasteiger partial charge in [-0.2, -0.15) is 0 Å². The first kappa shape index (κ1) is 25.5. The summed E-state index contributed by atoms with van der Waals surface area (Å²) < 4.78 is 18.3. The largest absolute Gasteiger partial charge is 0.379 e. The Morgan fingerprint density at radius 1 is 1.03 bits per heavy atom. The van der Waals surface area contributed by atoms with Crippen LogP contribution >= 0.6 is 0 Å². The molecule has 0 bridgehead atoms. The van der Waals surface area contributed by atoms with Crippen molar-refractivity contribution in [1.29, 1.82) is 0 Å². The number of hydrogen-bond donors (Lipinski definition) is 2. The highest BCUT2D eigenvalue weighted by molar-refractivity contribution is 5.75. The van der Waals surface area contributed by atoms with Crippen LogP contribution in [0.25, 0.3) is 0 Å². The fraction of sp³-hybridized carbons (Fsp3) is 0.850. The predicted molar refractivity (Wildman–Crippen MR) is 112 cm³/mol. The van der Waals surface area contributed by atoms with Gasteiger partial charge in [-0.3, -0.25) is 9.48 Å². The molecule has 29 heavy (non-hydrogen) atoms. The summed E-state index contributed by atoms with van der Waals surface area (Å²) in [5, 5.41) is 14.4. The molecular formula is C20H39N5O4. The van der Waals surface area contributed by atoms with Crippen LogP contribution in [0.5, 0.6) is 0 Å². The maximum atomic E-state index is 11.5. The van der Waals surface area contributed by atoms with Gasteiger partial charge in [0.2, 0.25) is 5.91 Å². The topological polar surface area (TPSA) is 99.5 Å². The third-order valence-corrected chi connectivity index (χ3v) is 3.86. The van der Waals surface area contributed by atoms with Gasteiger partial charge < -0.3 is 24.8 Å². The van der Waals surface area contributed by atoms with Crippen LogP contribution in [0.3, 0.4) is 0 Å². The molecule has 9 heteroatoms. The van der Waals surface area contributed by atoms with Crippen LogP contribution in [-0.4, -0.2) is 73.1 Å². The average molecular weight is 414 g/mol. The summed E-state index contributed by atoms with van der Waals surface area (Å²) in [6, 6.07) is 0.435. The molecule has 1 aromatic rings. The van der Waals surface area contributed by atoms with Crippen molar-refractivity contribution in [2.24, 2.45) is 5.92 Å². The summed E-state index contributed by atoms with van der Waals surface area (Å²) in [6.07, 6.45) is 3.40. The number of amides is 1. The molecule has 0 aromatic carbocycles. The Morgan fingerprint density at radius 2 is 1.69 bits per heavy atom. The van der Waals surface area contributed by atoms with E-state index in [9.17, 15) is 4.79 Å². The van der Waals surface area contributed by atoms with Gasteiger partial charge >= 0.3 is 0 Å². The number of aryl methyl sites for hydroxylation is 1. The number of aromatic nitrogens is 3. The van der Waals surface area contributed by atoms with Gasteiger partial charge in [-0.1, -0.05) is 32.9 Å². The van der Waals surface area contributed by atoms with Crippen molar-refractivity contribution < 1.29 is 19.0 Å². The third-order valence-electron chi connectivity index (χ3n) is 3.86. The average Bonchev–Trinajstić information content (AvgIpc) is 3.11. The number of nitrogens with zero attached hydrogens (tertiary/aromatic N) is 3. The highest BCUT2D eigenvalue weighted by Crippen LogP contribution is 1.98. The number of nitrogens with one attached hydrogen (secondary N) is 2. The second kappa shape index (κ2) is 16.3. The summed E-state index contributed by atoms with van der Waals surface area (Å²) in [5.41, 5.74) is 0.952. The molecular weight excluding hydrogens is 374 g/mol. The van der Waals surface area contributed by atoms with E-state index in [1.54, 1.807) is 0 Å². The summed E-state index contributed by atoms with van der Waals surface area (Å²) in [5.74, 6) is 0.448. The molecule has 0 radical (unpaired) electrons. The van der Waals surface area contributed by atoms with Crippen molar-refractivity contribution in [3.8, 4) is 0 Å². The Bertz CT molecular complexity index is 537. The Labute approximate surface area is 174 Å². The lowest BCUT2D eigenvalue weighted by Crippen LogP contribution is -2.28. The molecule has 9 nitrogen and oxygen atoms in total. The lowest BCUT2D eigenvalue weighted by molar-refractivity contribution is -0.122. The van der Waals surface area contributed by atoms with Gasteiger partial charge in [-0.15, -0.1) is 5.10 Å². The van der Waals surface area contributed by atoms with E-state index >= 15 is 0 Å². The van der Waals surface area contributed by atoms with E-state index in [1.807, 2.05) is 24.7 Å². The van der Waals surface area contributed by atoms with Crippen LogP contribution in [0.2, 0.25) is 0 Å². The predicted octanol–water partition coefficient (Wildman–Crippen LogP) is 1.38. The minimum absolute atomic E-state index is 0.0735. The van der Waals surface area contributed by atoms with Crippen LogP contribution in [0.1, 0.15) is 46.2 Å². The Morgan fingerprint density at radius 3 is 2.34 bits per heavy atom. The van der Waals surface area contributed by atoms with Gasteiger partial charge in [0.25, 0.3) is 0 Å². The van der Waals surface area contributed by atoms with E-state index in [1.165, 1.54) is 0 Å². The van der Waals surface area contributed by atoms with Crippen molar-refractivity contribution in [3.63, 3.8) is 0 Å². The number of ether oxygens (including phenoxy) is 3. The molecule has 0 spiro atoms. The van der Waals surface area contributed by atoms with E-state index in [2.05, 4.69) is 34.8 Å². The van der Waals surface area contributed by atoms with Crippen LogP contribution < -0.4 is 10.6 Å². The highest BCUT2D eigenvalue weighted by Gasteiger charge is 2.03. The molecule has 0 aliphatic heterocycles. The van der Waals surface area contributed by atoms with Gasteiger partial charge in [-0.05, 0) is 12.3 Å². The molecule has 1 aromatic heterocycles. The number of carbonyl (C=O) groups is 1. The van der Waals surface area contributed by atoms with Gasteiger partial charge in [0.05, 0.1) is 38.7 Å². The maximum Gasteiger partial charge on any atom is 0.220 e. The second-order valence-electron chi connectivity index (χ2n) is 7.65. The Kier molecular flexibility index (Phi) is 14.3. The zero-order valence-electron chi connectivity index (χ0n) is 18.5. The SMILES string of the molecule is CC(C)CC(=O)NCCOCCOCCOCCCn1cc(CNC(C)C)nn1. The third kappa shape index (κ3) is 15.0. The molecule has 0 saturated carbocycles. The minimum Gasteiger partial charge on any atom is -0.379 e. The van der Waals surface area contributed by atoms with Gasteiger partial charge in [0.1, 0.15) is 0 Å². The molecule has 1 rings (SSSR count). The van der Waals surface area contributed by atoms with Crippen LogP contribution in [0.4, 0.5) is 0 Å². The quantitative estimate of drug-likeness (QED) is 0.351. The van der Waals surface area contributed by atoms with E-state index in [4.69, 9.17) is 14.2 Å². The van der Waals surface area contributed by atoms with Gasteiger partial charge in [-0.25, -0.2) is 0 Å². The number of hydrogen-bond acceptors (Lipinski definition) is 7.